The predicted molar refractivity (Wildman–Crippen MR) is 63.0 cm³/mol. The van der Waals surface area contributed by atoms with Crippen molar-refractivity contribution in [3.05, 3.63) is 24.3 Å². The molecule has 0 radical (unpaired) electrons. The zero-order valence-electron chi connectivity index (χ0n) is 9.90. The van der Waals surface area contributed by atoms with Crippen LogP contribution in [0.3, 0.4) is 0 Å². The summed E-state index contributed by atoms with van der Waals surface area (Å²) in [6.07, 6.45) is 3.72. The van der Waals surface area contributed by atoms with Crippen LogP contribution in [0.5, 0.6) is 0 Å². The number of carbonyl (C=O) groups is 3. The van der Waals surface area contributed by atoms with Crippen molar-refractivity contribution < 1.29 is 19.1 Å². The summed E-state index contributed by atoms with van der Waals surface area (Å²) in [5.41, 5.74) is 5.56. The van der Waals surface area contributed by atoms with Crippen molar-refractivity contribution >= 4 is 17.7 Å². The van der Waals surface area contributed by atoms with Crippen LogP contribution in [0, 0.1) is 0 Å². The maximum absolute atomic E-state index is 11.0. The third-order valence-electron chi connectivity index (χ3n) is 1.85. The molecule has 17 heavy (non-hydrogen) atoms. The Morgan fingerprint density at radius 1 is 1.35 bits per heavy atom. The number of primary amides is 1. The molecule has 0 saturated heterocycles. The lowest BCUT2D eigenvalue weighted by Gasteiger charge is -2.02. The fraction of sp³-hybridized carbons (Fsp3) is 0.417. The van der Waals surface area contributed by atoms with Gasteiger partial charge in [-0.2, -0.15) is 0 Å². The predicted octanol–water partition coefficient (Wildman–Crippen LogP) is 0.887. The van der Waals surface area contributed by atoms with Crippen molar-refractivity contribution in [3.63, 3.8) is 0 Å². The summed E-state index contributed by atoms with van der Waals surface area (Å²) in [5, 5.41) is 0. The van der Waals surface area contributed by atoms with Crippen LogP contribution < -0.4 is 5.73 Å². The van der Waals surface area contributed by atoms with E-state index in [1.54, 1.807) is 12.2 Å². The quantitative estimate of drug-likeness (QED) is 0.224. The molecule has 0 saturated carbocycles. The highest BCUT2D eigenvalue weighted by molar-refractivity contribution is 5.94. The molecule has 0 rings (SSSR count). The van der Waals surface area contributed by atoms with Gasteiger partial charge in [-0.25, -0.2) is 0 Å². The number of hydrogen-bond donors (Lipinski definition) is 1. The molecule has 94 valence electrons. The Morgan fingerprint density at radius 3 is 2.47 bits per heavy atom. The first-order chi connectivity index (χ1) is 7.97. The molecule has 0 aromatic rings. The summed E-state index contributed by atoms with van der Waals surface area (Å²) in [5.74, 6) is -1.31. The highest BCUT2D eigenvalue weighted by Gasteiger charge is 2.06. The van der Waals surface area contributed by atoms with E-state index in [4.69, 9.17) is 10.5 Å². The molecule has 0 aromatic heterocycles. The van der Waals surface area contributed by atoms with E-state index in [9.17, 15) is 14.4 Å². The van der Waals surface area contributed by atoms with Gasteiger partial charge in [0.1, 0.15) is 12.2 Å². The summed E-state index contributed by atoms with van der Waals surface area (Å²) >= 11 is 0. The zero-order valence-corrected chi connectivity index (χ0v) is 9.90. The van der Waals surface area contributed by atoms with Crippen LogP contribution >= 0.6 is 0 Å². The molecular weight excluding hydrogens is 222 g/mol. The van der Waals surface area contributed by atoms with Crippen molar-refractivity contribution in [2.24, 2.45) is 5.73 Å². The van der Waals surface area contributed by atoms with Gasteiger partial charge >= 0.3 is 5.97 Å². The molecule has 0 aliphatic rings. The van der Waals surface area contributed by atoms with E-state index < -0.39 is 11.9 Å². The zero-order chi connectivity index (χ0) is 13.3. The largest absolute Gasteiger partial charge is 0.465 e. The molecule has 0 aliphatic carbocycles. The van der Waals surface area contributed by atoms with Crippen molar-refractivity contribution in [2.45, 2.75) is 26.2 Å². The molecule has 5 heteroatoms. The molecule has 0 fully saturated rings. The topological polar surface area (TPSA) is 86.5 Å². The van der Waals surface area contributed by atoms with Gasteiger partial charge in [-0.3, -0.25) is 14.4 Å². The molecule has 5 nitrogen and oxygen atoms in total. The molecular formula is C12H17NO4. The lowest BCUT2D eigenvalue weighted by atomic mass is 10.1. The minimum atomic E-state index is -0.560. The Bertz CT molecular complexity index is 344. The fourth-order valence-corrected chi connectivity index (χ4v) is 1.10. The van der Waals surface area contributed by atoms with E-state index >= 15 is 0 Å². The van der Waals surface area contributed by atoms with Crippen molar-refractivity contribution in [1.82, 2.24) is 0 Å². The number of carbonyl (C=O) groups excluding carboxylic acids is 3. The molecule has 0 aromatic carbocycles. The van der Waals surface area contributed by atoms with Gasteiger partial charge in [0.25, 0.3) is 0 Å². The summed E-state index contributed by atoms with van der Waals surface area (Å²) in [6.45, 7) is 4.94. The number of amides is 1. The van der Waals surface area contributed by atoms with Gasteiger partial charge in [-0.15, -0.1) is 6.58 Å². The first-order valence-electron chi connectivity index (χ1n) is 5.22. The summed E-state index contributed by atoms with van der Waals surface area (Å²) in [7, 11) is 0. The number of ether oxygens (including phenoxy) is 1. The molecule has 1 amide bonds. The van der Waals surface area contributed by atoms with Crippen molar-refractivity contribution in [1.29, 1.82) is 0 Å². The Kier molecular flexibility index (Phi) is 7.34. The summed E-state index contributed by atoms with van der Waals surface area (Å²) < 4.78 is 4.78. The summed E-state index contributed by atoms with van der Waals surface area (Å²) in [4.78, 5) is 32.5. The van der Waals surface area contributed by atoms with Gasteiger partial charge in [0, 0.05) is 12.0 Å². The van der Waals surface area contributed by atoms with Gasteiger partial charge in [0.05, 0.1) is 6.61 Å². The Balaban J connectivity index is 3.99. The van der Waals surface area contributed by atoms with Gasteiger partial charge < -0.3 is 10.5 Å². The molecule has 2 N–H and O–H groups in total. The van der Waals surface area contributed by atoms with Gasteiger partial charge in [-0.05, 0) is 13.3 Å². The average Bonchev–Trinajstić information content (AvgIpc) is 2.21. The first-order valence-corrected chi connectivity index (χ1v) is 5.22. The number of nitrogens with two attached hydrogens (primary N) is 1. The third-order valence-corrected chi connectivity index (χ3v) is 1.85. The van der Waals surface area contributed by atoms with Crippen molar-refractivity contribution in [2.75, 3.05) is 6.61 Å². The van der Waals surface area contributed by atoms with E-state index in [0.717, 1.165) is 0 Å². The van der Waals surface area contributed by atoms with Crippen LogP contribution in [0.25, 0.3) is 0 Å². The van der Waals surface area contributed by atoms with Gasteiger partial charge in [0.15, 0.2) is 0 Å². The minimum absolute atomic E-state index is 0.125. The normalized spacial score (nSPS) is 10.8. The van der Waals surface area contributed by atoms with Gasteiger partial charge in [-0.1, -0.05) is 12.2 Å². The van der Waals surface area contributed by atoms with Crippen LogP contribution in [0.4, 0.5) is 0 Å². The van der Waals surface area contributed by atoms with Crippen LogP contribution in [0.2, 0.25) is 0 Å². The fourth-order valence-electron chi connectivity index (χ4n) is 1.10. The second-order valence-electron chi connectivity index (χ2n) is 3.47. The molecule has 0 bridgehead atoms. The van der Waals surface area contributed by atoms with Crippen LogP contribution in [0.1, 0.15) is 26.2 Å². The van der Waals surface area contributed by atoms with E-state index in [2.05, 4.69) is 6.58 Å². The molecule has 0 unspecified atom stereocenters. The smallest absolute Gasteiger partial charge is 0.313 e. The standard InChI is InChI=1S/C12H17NO4/c1-3-5-10(12(13)16)6-4-7-17-11(15)8-9(2)14/h3,6H,1,4-5,7-8H2,2H3,(H2,13,16). The molecule has 0 atom stereocenters. The number of rotatable bonds is 8. The number of hydrogen-bond acceptors (Lipinski definition) is 4. The monoisotopic (exact) mass is 239 g/mol. The molecule has 0 aliphatic heterocycles. The Hall–Kier alpha value is -1.91. The van der Waals surface area contributed by atoms with E-state index in [0.29, 0.717) is 18.4 Å². The maximum Gasteiger partial charge on any atom is 0.313 e. The van der Waals surface area contributed by atoms with Crippen LogP contribution in [-0.2, 0) is 19.1 Å². The average molecular weight is 239 g/mol. The first kappa shape index (κ1) is 15.1. The minimum Gasteiger partial charge on any atom is -0.465 e. The Labute approximate surface area is 100 Å². The highest BCUT2D eigenvalue weighted by Crippen LogP contribution is 2.03. The Morgan fingerprint density at radius 2 is 2.00 bits per heavy atom. The van der Waals surface area contributed by atoms with Gasteiger partial charge in [0.2, 0.25) is 5.91 Å². The number of Topliss-reactive ketones (excluding diaryl/α,β-unsaturated/α-hetero) is 1. The van der Waals surface area contributed by atoms with E-state index in [-0.39, 0.29) is 18.8 Å². The van der Waals surface area contributed by atoms with Crippen molar-refractivity contribution in [3.8, 4) is 0 Å². The lowest BCUT2D eigenvalue weighted by molar-refractivity contribution is -0.145. The lowest BCUT2D eigenvalue weighted by Crippen LogP contribution is -2.14. The number of esters is 1. The van der Waals surface area contributed by atoms with E-state index in [1.807, 2.05) is 0 Å². The second kappa shape index (κ2) is 8.27. The molecule has 0 heterocycles. The second-order valence-corrected chi connectivity index (χ2v) is 3.47. The third kappa shape index (κ3) is 7.96. The van der Waals surface area contributed by atoms with Crippen LogP contribution in [-0.4, -0.2) is 24.3 Å². The van der Waals surface area contributed by atoms with E-state index in [1.165, 1.54) is 6.92 Å². The molecule has 0 spiro atoms. The maximum atomic E-state index is 11.0. The highest BCUT2D eigenvalue weighted by atomic mass is 16.5. The SMILES string of the molecule is C=CCC(=CCCOC(=O)CC(C)=O)C(N)=O. The number of allylic oxidation sites excluding steroid dienone is 1. The van der Waals surface area contributed by atoms with Crippen LogP contribution in [0.15, 0.2) is 24.3 Å². The number of ketones is 1. The summed E-state index contributed by atoms with van der Waals surface area (Å²) in [6, 6.07) is 0.